The Kier molecular flexibility index (Phi) is 3.04. The Labute approximate surface area is 115 Å². The Morgan fingerprint density at radius 1 is 1.10 bits per heavy atom. The third-order valence-corrected chi connectivity index (χ3v) is 2.82. The molecule has 0 aliphatic heterocycles. The van der Waals surface area contributed by atoms with E-state index in [0.717, 1.165) is 5.56 Å². The molecule has 2 aromatic heterocycles. The summed E-state index contributed by atoms with van der Waals surface area (Å²) in [5, 5.41) is 3.95. The highest BCUT2D eigenvalue weighted by molar-refractivity contribution is 5.72. The number of benzene rings is 1. The number of anilines is 1. The number of hydrogen-bond acceptors (Lipinski definition) is 6. The molecule has 6 nitrogen and oxygen atoms in total. The lowest BCUT2D eigenvalue weighted by molar-refractivity contribution is 0.392. The number of rotatable bonds is 3. The molecule has 0 bridgehead atoms. The summed E-state index contributed by atoms with van der Waals surface area (Å²) in [7, 11) is 1.54. The van der Waals surface area contributed by atoms with Gasteiger partial charge in [0.1, 0.15) is 5.56 Å². The van der Waals surface area contributed by atoms with E-state index in [2.05, 4.69) is 15.1 Å². The van der Waals surface area contributed by atoms with Crippen molar-refractivity contribution < 1.29 is 9.26 Å². The van der Waals surface area contributed by atoms with E-state index in [1.54, 1.807) is 24.4 Å². The molecule has 3 rings (SSSR count). The van der Waals surface area contributed by atoms with Gasteiger partial charge in [-0.05, 0) is 24.3 Å². The van der Waals surface area contributed by atoms with E-state index < -0.39 is 0 Å². The number of ether oxygens (including phenoxy) is 1. The average molecular weight is 268 g/mol. The number of nitrogens with two attached hydrogens (primary N) is 1. The van der Waals surface area contributed by atoms with Crippen LogP contribution in [0.25, 0.3) is 22.8 Å². The number of pyridine rings is 1. The zero-order chi connectivity index (χ0) is 13.9. The maximum absolute atomic E-state index is 5.90. The van der Waals surface area contributed by atoms with Gasteiger partial charge in [0, 0.05) is 17.4 Å². The fourth-order valence-corrected chi connectivity index (χ4v) is 1.86. The van der Waals surface area contributed by atoms with Crippen LogP contribution in [0.5, 0.6) is 5.88 Å². The molecule has 0 radical (unpaired) electrons. The predicted octanol–water partition coefficient (Wildman–Crippen LogP) is 2.39. The Morgan fingerprint density at radius 2 is 1.90 bits per heavy atom. The second-order valence-electron chi connectivity index (χ2n) is 4.07. The zero-order valence-electron chi connectivity index (χ0n) is 10.8. The van der Waals surface area contributed by atoms with E-state index in [9.17, 15) is 0 Å². The molecule has 0 saturated heterocycles. The van der Waals surface area contributed by atoms with Crippen LogP contribution in [0.4, 0.5) is 5.69 Å². The van der Waals surface area contributed by atoms with Crippen LogP contribution in [0, 0.1) is 0 Å². The molecule has 0 spiro atoms. The van der Waals surface area contributed by atoms with E-state index >= 15 is 0 Å². The van der Waals surface area contributed by atoms with Crippen LogP contribution in [0.2, 0.25) is 0 Å². The van der Waals surface area contributed by atoms with E-state index in [1.807, 2.05) is 18.2 Å². The van der Waals surface area contributed by atoms with Crippen LogP contribution in [-0.2, 0) is 0 Å². The molecule has 6 heteroatoms. The summed E-state index contributed by atoms with van der Waals surface area (Å²) in [5.74, 6) is 1.21. The van der Waals surface area contributed by atoms with Crippen molar-refractivity contribution in [1.29, 1.82) is 0 Å². The molecule has 0 aliphatic rings. The molecular formula is C14H12N4O2. The Morgan fingerprint density at radius 3 is 2.70 bits per heavy atom. The standard InChI is InChI=1S/C14H12N4O2/c1-19-13-10(6-4-8-16-13)14-17-12(18-20-14)9-5-2-3-7-11(9)15/h2-8H,15H2,1H3. The average Bonchev–Trinajstić information content (AvgIpc) is 2.97. The lowest BCUT2D eigenvalue weighted by Gasteiger charge is -2.01. The molecular weight excluding hydrogens is 256 g/mol. The minimum Gasteiger partial charge on any atom is -0.480 e. The van der Waals surface area contributed by atoms with Crippen molar-refractivity contribution in [3.8, 4) is 28.7 Å². The molecule has 100 valence electrons. The van der Waals surface area contributed by atoms with E-state index in [1.165, 1.54) is 7.11 Å². The van der Waals surface area contributed by atoms with E-state index in [0.29, 0.717) is 28.8 Å². The number of aromatic nitrogens is 3. The topological polar surface area (TPSA) is 87.1 Å². The number of nitrogens with zero attached hydrogens (tertiary/aromatic N) is 3. The van der Waals surface area contributed by atoms with Gasteiger partial charge in [0.05, 0.1) is 7.11 Å². The highest BCUT2D eigenvalue weighted by Crippen LogP contribution is 2.29. The van der Waals surface area contributed by atoms with Gasteiger partial charge in [0.25, 0.3) is 5.89 Å². The van der Waals surface area contributed by atoms with Crippen molar-refractivity contribution in [3.05, 3.63) is 42.6 Å². The molecule has 0 unspecified atom stereocenters. The molecule has 20 heavy (non-hydrogen) atoms. The van der Waals surface area contributed by atoms with Gasteiger partial charge in [0.15, 0.2) is 0 Å². The summed E-state index contributed by atoms with van der Waals surface area (Å²) in [6, 6.07) is 10.9. The number of methoxy groups -OCH3 is 1. The maximum Gasteiger partial charge on any atom is 0.263 e. The first-order valence-corrected chi connectivity index (χ1v) is 5.97. The molecule has 0 amide bonds. The summed E-state index contributed by atoms with van der Waals surface area (Å²) < 4.78 is 10.4. The summed E-state index contributed by atoms with van der Waals surface area (Å²) in [5.41, 5.74) is 7.86. The van der Waals surface area contributed by atoms with Crippen molar-refractivity contribution in [2.45, 2.75) is 0 Å². The predicted molar refractivity (Wildman–Crippen MR) is 73.9 cm³/mol. The molecule has 3 aromatic rings. The maximum atomic E-state index is 5.90. The van der Waals surface area contributed by atoms with Crippen LogP contribution >= 0.6 is 0 Å². The van der Waals surface area contributed by atoms with Crippen LogP contribution in [-0.4, -0.2) is 22.2 Å². The summed E-state index contributed by atoms with van der Waals surface area (Å²) in [4.78, 5) is 8.44. The quantitative estimate of drug-likeness (QED) is 0.734. The molecule has 0 saturated carbocycles. The molecule has 1 aromatic carbocycles. The van der Waals surface area contributed by atoms with Gasteiger partial charge in [-0.3, -0.25) is 0 Å². The SMILES string of the molecule is COc1ncccc1-c1nc(-c2ccccc2N)no1. The highest BCUT2D eigenvalue weighted by atomic mass is 16.5. The van der Waals surface area contributed by atoms with Gasteiger partial charge in [0.2, 0.25) is 11.7 Å². The lowest BCUT2D eigenvalue weighted by Crippen LogP contribution is -1.92. The van der Waals surface area contributed by atoms with Crippen molar-refractivity contribution in [3.63, 3.8) is 0 Å². The first-order valence-electron chi connectivity index (χ1n) is 5.97. The van der Waals surface area contributed by atoms with Gasteiger partial charge in [-0.2, -0.15) is 4.98 Å². The third-order valence-electron chi connectivity index (χ3n) is 2.82. The fraction of sp³-hybridized carbons (Fsp3) is 0.0714. The van der Waals surface area contributed by atoms with E-state index in [4.69, 9.17) is 15.0 Å². The number of hydrogen-bond donors (Lipinski definition) is 1. The van der Waals surface area contributed by atoms with Crippen LogP contribution < -0.4 is 10.5 Å². The smallest absolute Gasteiger partial charge is 0.263 e. The fourth-order valence-electron chi connectivity index (χ4n) is 1.86. The van der Waals surface area contributed by atoms with Gasteiger partial charge in [-0.1, -0.05) is 17.3 Å². The Bertz CT molecular complexity index is 739. The van der Waals surface area contributed by atoms with Gasteiger partial charge in [-0.15, -0.1) is 0 Å². The van der Waals surface area contributed by atoms with Crippen LogP contribution in [0.3, 0.4) is 0 Å². The molecule has 2 N–H and O–H groups in total. The monoisotopic (exact) mass is 268 g/mol. The first-order chi connectivity index (χ1) is 9.79. The summed E-state index contributed by atoms with van der Waals surface area (Å²) in [6.45, 7) is 0. The second kappa shape index (κ2) is 5.00. The van der Waals surface area contributed by atoms with Crippen molar-refractivity contribution in [2.75, 3.05) is 12.8 Å². The summed E-state index contributed by atoms with van der Waals surface area (Å²) >= 11 is 0. The number of para-hydroxylation sites is 1. The summed E-state index contributed by atoms with van der Waals surface area (Å²) in [6.07, 6.45) is 1.63. The van der Waals surface area contributed by atoms with Gasteiger partial charge in [-0.25, -0.2) is 4.98 Å². The van der Waals surface area contributed by atoms with Crippen molar-refractivity contribution in [1.82, 2.24) is 15.1 Å². The molecule has 0 fully saturated rings. The Hall–Kier alpha value is -2.89. The first kappa shape index (κ1) is 12.2. The largest absolute Gasteiger partial charge is 0.480 e. The second-order valence-corrected chi connectivity index (χ2v) is 4.07. The minimum absolute atomic E-state index is 0.341. The normalized spacial score (nSPS) is 10.4. The van der Waals surface area contributed by atoms with Gasteiger partial charge < -0.3 is 15.0 Å². The van der Waals surface area contributed by atoms with Crippen LogP contribution in [0.1, 0.15) is 0 Å². The zero-order valence-corrected chi connectivity index (χ0v) is 10.8. The van der Waals surface area contributed by atoms with Crippen molar-refractivity contribution >= 4 is 5.69 Å². The van der Waals surface area contributed by atoms with Crippen LogP contribution in [0.15, 0.2) is 47.1 Å². The van der Waals surface area contributed by atoms with E-state index in [-0.39, 0.29) is 0 Å². The molecule has 0 aliphatic carbocycles. The minimum atomic E-state index is 0.341. The number of nitrogen functional groups attached to an aromatic ring is 1. The molecule has 2 heterocycles. The van der Waals surface area contributed by atoms with Gasteiger partial charge >= 0.3 is 0 Å². The van der Waals surface area contributed by atoms with Crippen molar-refractivity contribution in [2.24, 2.45) is 0 Å². The highest BCUT2D eigenvalue weighted by Gasteiger charge is 2.16. The Balaban J connectivity index is 2.05. The third kappa shape index (κ3) is 2.07. The lowest BCUT2D eigenvalue weighted by atomic mass is 10.2. The molecule has 0 atom stereocenters.